The minimum absolute atomic E-state index is 0.0817. The van der Waals surface area contributed by atoms with Gasteiger partial charge in [-0.25, -0.2) is 9.97 Å². The number of anilines is 3. The molecule has 4 nitrogen and oxygen atoms in total. The molecule has 4 heteroatoms. The minimum atomic E-state index is 0.0817. The number of aromatic nitrogens is 2. The Hall–Kier alpha value is -2.10. The molecule has 2 rings (SSSR count). The van der Waals surface area contributed by atoms with Crippen LogP contribution in [0.3, 0.4) is 0 Å². The first-order valence-electron chi connectivity index (χ1n) is 7.89. The minimum Gasteiger partial charge on any atom is -0.357 e. The second-order valence-corrected chi connectivity index (χ2v) is 6.35. The van der Waals surface area contributed by atoms with Gasteiger partial charge in [-0.15, -0.1) is 0 Å². The maximum Gasteiger partial charge on any atom is 0.135 e. The summed E-state index contributed by atoms with van der Waals surface area (Å²) in [6.07, 6.45) is 1.62. The van der Waals surface area contributed by atoms with Crippen molar-refractivity contribution in [2.45, 2.75) is 40.0 Å². The fraction of sp³-hybridized carbons (Fsp3) is 0.444. The van der Waals surface area contributed by atoms with Gasteiger partial charge in [0.1, 0.15) is 18.0 Å². The molecule has 0 fully saturated rings. The molecule has 0 radical (unpaired) electrons. The Kier molecular flexibility index (Phi) is 5.01. The second kappa shape index (κ2) is 6.77. The van der Waals surface area contributed by atoms with Crippen LogP contribution in [0.1, 0.15) is 40.2 Å². The van der Waals surface area contributed by atoms with Crippen LogP contribution in [0.15, 0.2) is 36.7 Å². The van der Waals surface area contributed by atoms with Crippen molar-refractivity contribution in [3.05, 3.63) is 42.2 Å². The average molecular weight is 298 g/mol. The lowest BCUT2D eigenvalue weighted by Gasteiger charge is -2.24. The third-order valence-electron chi connectivity index (χ3n) is 3.74. The number of nitrogens with zero attached hydrogens (tertiary/aromatic N) is 3. The zero-order chi connectivity index (χ0) is 16.2. The molecule has 118 valence electrons. The first-order chi connectivity index (χ1) is 10.5. The monoisotopic (exact) mass is 298 g/mol. The highest BCUT2D eigenvalue weighted by molar-refractivity contribution is 5.64. The molecule has 0 amide bonds. The van der Waals surface area contributed by atoms with Crippen molar-refractivity contribution in [2.75, 3.05) is 23.3 Å². The summed E-state index contributed by atoms with van der Waals surface area (Å²) in [6.45, 7) is 12.8. The zero-order valence-electron chi connectivity index (χ0n) is 14.2. The van der Waals surface area contributed by atoms with E-state index in [4.69, 9.17) is 0 Å². The maximum atomic E-state index is 4.37. The molecule has 0 aliphatic heterocycles. The van der Waals surface area contributed by atoms with Crippen LogP contribution in [0.25, 0.3) is 0 Å². The molecule has 0 saturated carbocycles. The summed E-state index contributed by atoms with van der Waals surface area (Å²) in [4.78, 5) is 10.9. The maximum absolute atomic E-state index is 4.37. The SMILES string of the molecule is CCN(CC)c1cc(Nc2ccccc2C(C)(C)C)ncn1. The van der Waals surface area contributed by atoms with E-state index in [-0.39, 0.29) is 5.41 Å². The van der Waals surface area contributed by atoms with Gasteiger partial charge in [0, 0.05) is 24.8 Å². The highest BCUT2D eigenvalue weighted by atomic mass is 15.2. The average Bonchev–Trinajstić information content (AvgIpc) is 2.48. The van der Waals surface area contributed by atoms with Gasteiger partial charge in [-0.3, -0.25) is 0 Å². The van der Waals surface area contributed by atoms with Gasteiger partial charge in [0.25, 0.3) is 0 Å². The van der Waals surface area contributed by atoms with Crippen molar-refractivity contribution < 1.29 is 0 Å². The molecular formula is C18H26N4. The Morgan fingerprint density at radius 2 is 1.73 bits per heavy atom. The van der Waals surface area contributed by atoms with Crippen molar-refractivity contribution in [1.82, 2.24) is 9.97 Å². The normalized spacial score (nSPS) is 11.3. The number of benzene rings is 1. The molecule has 22 heavy (non-hydrogen) atoms. The quantitative estimate of drug-likeness (QED) is 0.890. The van der Waals surface area contributed by atoms with E-state index in [2.05, 4.69) is 73.0 Å². The molecule has 0 saturated heterocycles. The predicted molar refractivity (Wildman–Crippen MR) is 94.0 cm³/mol. The molecule has 1 aromatic carbocycles. The zero-order valence-corrected chi connectivity index (χ0v) is 14.2. The molecule has 1 aromatic heterocycles. The molecule has 1 heterocycles. The molecule has 0 unspecified atom stereocenters. The first-order valence-corrected chi connectivity index (χ1v) is 7.89. The summed E-state index contributed by atoms with van der Waals surface area (Å²) in [6, 6.07) is 10.4. The van der Waals surface area contributed by atoms with E-state index in [0.717, 1.165) is 30.4 Å². The Morgan fingerprint density at radius 3 is 2.36 bits per heavy atom. The first kappa shape index (κ1) is 16.3. The van der Waals surface area contributed by atoms with E-state index in [0.29, 0.717) is 0 Å². The van der Waals surface area contributed by atoms with Crippen LogP contribution >= 0.6 is 0 Å². The molecule has 0 aliphatic rings. The van der Waals surface area contributed by atoms with Crippen LogP contribution in [0.4, 0.5) is 17.3 Å². The highest BCUT2D eigenvalue weighted by Gasteiger charge is 2.17. The smallest absolute Gasteiger partial charge is 0.135 e. The number of nitrogens with one attached hydrogen (secondary N) is 1. The largest absolute Gasteiger partial charge is 0.357 e. The molecule has 2 aromatic rings. The lowest BCUT2D eigenvalue weighted by molar-refractivity contribution is 0.592. The van der Waals surface area contributed by atoms with Gasteiger partial charge in [-0.1, -0.05) is 39.0 Å². The van der Waals surface area contributed by atoms with Crippen LogP contribution in [0, 0.1) is 0 Å². The Bertz CT molecular complexity index is 612. The van der Waals surface area contributed by atoms with E-state index in [1.165, 1.54) is 5.56 Å². The van der Waals surface area contributed by atoms with Crippen molar-refractivity contribution in [3.63, 3.8) is 0 Å². The summed E-state index contributed by atoms with van der Waals surface area (Å²) in [5.41, 5.74) is 2.45. The standard InChI is InChI=1S/C18H26N4/c1-6-22(7-2)17-12-16(19-13-20-17)21-15-11-9-8-10-14(15)18(3,4)5/h8-13H,6-7H2,1-5H3,(H,19,20,21). The molecule has 0 bridgehead atoms. The van der Waals surface area contributed by atoms with Crippen molar-refractivity contribution >= 4 is 17.3 Å². The van der Waals surface area contributed by atoms with Crippen LogP contribution in [-0.4, -0.2) is 23.1 Å². The van der Waals surface area contributed by atoms with Gasteiger partial charge in [0.15, 0.2) is 0 Å². The van der Waals surface area contributed by atoms with E-state index < -0.39 is 0 Å². The van der Waals surface area contributed by atoms with Gasteiger partial charge in [0.05, 0.1) is 0 Å². The van der Waals surface area contributed by atoms with Crippen LogP contribution in [0.5, 0.6) is 0 Å². The molecule has 1 N–H and O–H groups in total. The fourth-order valence-corrected chi connectivity index (χ4v) is 2.52. The van der Waals surface area contributed by atoms with E-state index in [1.54, 1.807) is 6.33 Å². The van der Waals surface area contributed by atoms with Crippen molar-refractivity contribution in [2.24, 2.45) is 0 Å². The summed E-state index contributed by atoms with van der Waals surface area (Å²) in [5.74, 6) is 1.78. The van der Waals surface area contributed by atoms with Gasteiger partial charge >= 0.3 is 0 Å². The third-order valence-corrected chi connectivity index (χ3v) is 3.74. The van der Waals surface area contributed by atoms with Gasteiger partial charge in [-0.05, 0) is 30.9 Å². The summed E-state index contributed by atoms with van der Waals surface area (Å²) >= 11 is 0. The number of hydrogen-bond acceptors (Lipinski definition) is 4. The third kappa shape index (κ3) is 3.75. The fourth-order valence-electron chi connectivity index (χ4n) is 2.52. The topological polar surface area (TPSA) is 41.0 Å². The lowest BCUT2D eigenvalue weighted by Crippen LogP contribution is -2.23. The summed E-state index contributed by atoms with van der Waals surface area (Å²) < 4.78 is 0. The van der Waals surface area contributed by atoms with Crippen LogP contribution < -0.4 is 10.2 Å². The van der Waals surface area contributed by atoms with Crippen molar-refractivity contribution in [1.29, 1.82) is 0 Å². The molecule has 0 spiro atoms. The number of rotatable bonds is 5. The number of para-hydroxylation sites is 1. The molecule has 0 aliphatic carbocycles. The van der Waals surface area contributed by atoms with E-state index >= 15 is 0 Å². The van der Waals surface area contributed by atoms with Gasteiger partial charge in [0.2, 0.25) is 0 Å². The highest BCUT2D eigenvalue weighted by Crippen LogP contribution is 2.31. The van der Waals surface area contributed by atoms with Crippen LogP contribution in [-0.2, 0) is 5.41 Å². The molecule has 0 atom stereocenters. The summed E-state index contributed by atoms with van der Waals surface area (Å²) in [7, 11) is 0. The van der Waals surface area contributed by atoms with E-state index in [1.807, 2.05) is 12.1 Å². The Labute approximate surface area is 133 Å². The van der Waals surface area contributed by atoms with Crippen molar-refractivity contribution in [3.8, 4) is 0 Å². The van der Waals surface area contributed by atoms with Gasteiger partial charge in [-0.2, -0.15) is 0 Å². The molecular weight excluding hydrogens is 272 g/mol. The second-order valence-electron chi connectivity index (χ2n) is 6.35. The predicted octanol–water partition coefficient (Wildman–Crippen LogP) is 4.36. The lowest BCUT2D eigenvalue weighted by atomic mass is 9.86. The van der Waals surface area contributed by atoms with E-state index in [9.17, 15) is 0 Å². The van der Waals surface area contributed by atoms with Crippen LogP contribution in [0.2, 0.25) is 0 Å². The summed E-state index contributed by atoms with van der Waals surface area (Å²) in [5, 5.41) is 3.44. The van der Waals surface area contributed by atoms with Gasteiger partial charge < -0.3 is 10.2 Å². The number of hydrogen-bond donors (Lipinski definition) is 1. The Morgan fingerprint density at radius 1 is 1.05 bits per heavy atom. The Balaban J connectivity index is 2.31.